The van der Waals surface area contributed by atoms with Gasteiger partial charge in [0, 0.05) is 19.0 Å². The maximum absolute atomic E-state index is 11.8. The van der Waals surface area contributed by atoms with Gasteiger partial charge in [-0.1, -0.05) is 13.3 Å². The van der Waals surface area contributed by atoms with E-state index >= 15 is 0 Å². The highest BCUT2D eigenvalue weighted by atomic mass is 16.3. The molecule has 1 heterocycles. The van der Waals surface area contributed by atoms with Gasteiger partial charge in [0.1, 0.15) is 5.82 Å². The molecule has 1 unspecified atom stereocenters. The van der Waals surface area contributed by atoms with Gasteiger partial charge < -0.3 is 10.4 Å². The lowest BCUT2D eigenvalue weighted by atomic mass is 9.83. The second-order valence-corrected chi connectivity index (χ2v) is 5.09. The fraction of sp³-hybridized carbons (Fsp3) is 0.692. The summed E-state index contributed by atoms with van der Waals surface area (Å²) in [5.74, 6) is 1.23. The normalized spacial score (nSPS) is 16.8. The number of nitrogens with one attached hydrogen (secondary N) is 2. The van der Waals surface area contributed by atoms with E-state index in [0.717, 1.165) is 5.69 Å². The summed E-state index contributed by atoms with van der Waals surface area (Å²) in [5.41, 5.74) is 1.05. The van der Waals surface area contributed by atoms with Crippen LogP contribution in [0, 0.1) is 0 Å². The third kappa shape index (κ3) is 3.26. The van der Waals surface area contributed by atoms with Gasteiger partial charge in [-0.3, -0.25) is 10.00 Å². The van der Waals surface area contributed by atoms with Gasteiger partial charge in [0.25, 0.3) is 0 Å². The number of urea groups is 1. The summed E-state index contributed by atoms with van der Waals surface area (Å²) in [6.07, 6.45) is 4.33. The zero-order chi connectivity index (χ0) is 13.8. The molecule has 6 nitrogen and oxygen atoms in total. The summed E-state index contributed by atoms with van der Waals surface area (Å²) in [6.45, 7) is 1.86. The number of hydrogen-bond acceptors (Lipinski definition) is 3. The maximum Gasteiger partial charge on any atom is 0.320 e. The van der Waals surface area contributed by atoms with Gasteiger partial charge in [-0.2, -0.15) is 5.10 Å². The highest BCUT2D eigenvalue weighted by Crippen LogP contribution is 2.36. The topological polar surface area (TPSA) is 79.2 Å². The molecule has 6 heteroatoms. The largest absolute Gasteiger partial charge is 0.394 e. The molecule has 2 rings (SSSR count). The van der Waals surface area contributed by atoms with Gasteiger partial charge >= 0.3 is 6.03 Å². The zero-order valence-corrected chi connectivity index (χ0v) is 11.5. The van der Waals surface area contributed by atoms with Gasteiger partial charge in [-0.15, -0.1) is 0 Å². The van der Waals surface area contributed by atoms with Crippen LogP contribution in [-0.4, -0.2) is 33.6 Å². The van der Waals surface area contributed by atoms with Crippen LogP contribution in [0.3, 0.4) is 0 Å². The smallest absolute Gasteiger partial charge is 0.320 e. The van der Waals surface area contributed by atoms with E-state index in [1.807, 2.05) is 20.0 Å². The Morgan fingerprint density at radius 3 is 2.89 bits per heavy atom. The summed E-state index contributed by atoms with van der Waals surface area (Å²) in [4.78, 5) is 11.8. The minimum absolute atomic E-state index is 0.0529. The lowest BCUT2D eigenvalue weighted by molar-refractivity contribution is 0.222. The average Bonchev–Trinajstić information content (AvgIpc) is 2.65. The zero-order valence-electron chi connectivity index (χ0n) is 11.5. The quantitative estimate of drug-likeness (QED) is 0.757. The molecule has 1 saturated carbocycles. The minimum Gasteiger partial charge on any atom is -0.394 e. The van der Waals surface area contributed by atoms with Crippen molar-refractivity contribution < 1.29 is 9.90 Å². The second-order valence-electron chi connectivity index (χ2n) is 5.09. The average molecular weight is 266 g/mol. The van der Waals surface area contributed by atoms with Crippen LogP contribution in [0.4, 0.5) is 10.6 Å². The van der Waals surface area contributed by atoms with Crippen LogP contribution in [0.25, 0.3) is 0 Å². The first-order valence-electron chi connectivity index (χ1n) is 6.86. The molecule has 1 fully saturated rings. The van der Waals surface area contributed by atoms with Crippen LogP contribution in [-0.2, 0) is 7.05 Å². The van der Waals surface area contributed by atoms with Gasteiger partial charge in [0.2, 0.25) is 0 Å². The molecule has 19 heavy (non-hydrogen) atoms. The summed E-state index contributed by atoms with van der Waals surface area (Å²) in [6, 6.07) is 1.42. The van der Waals surface area contributed by atoms with E-state index in [1.165, 1.54) is 19.3 Å². The van der Waals surface area contributed by atoms with Gasteiger partial charge in [-0.05, 0) is 19.3 Å². The SMILES string of the molecule is CCC(CO)NC(=O)Nc1cc(C2CCC2)nn1C. The lowest BCUT2D eigenvalue weighted by Crippen LogP contribution is -2.40. The molecule has 106 valence electrons. The predicted molar refractivity (Wildman–Crippen MR) is 73.1 cm³/mol. The highest BCUT2D eigenvalue weighted by Gasteiger charge is 2.23. The van der Waals surface area contributed by atoms with Crippen molar-refractivity contribution in [2.45, 2.75) is 44.6 Å². The number of carbonyl (C=O) groups excluding carboxylic acids is 1. The molecule has 1 aromatic rings. The van der Waals surface area contributed by atoms with Crippen LogP contribution in [0.1, 0.15) is 44.2 Å². The van der Waals surface area contributed by atoms with Crippen LogP contribution in [0.15, 0.2) is 6.07 Å². The number of hydrogen-bond donors (Lipinski definition) is 3. The molecule has 1 atom stereocenters. The second kappa shape index (κ2) is 6.06. The Labute approximate surface area is 113 Å². The van der Waals surface area contributed by atoms with Crippen molar-refractivity contribution in [3.63, 3.8) is 0 Å². The fourth-order valence-corrected chi connectivity index (χ4v) is 2.12. The number of nitrogens with zero attached hydrogens (tertiary/aromatic N) is 2. The number of aliphatic hydroxyl groups excluding tert-OH is 1. The van der Waals surface area contributed by atoms with E-state index in [2.05, 4.69) is 15.7 Å². The molecule has 2 amide bonds. The molecular weight excluding hydrogens is 244 g/mol. The van der Waals surface area contributed by atoms with E-state index in [9.17, 15) is 4.79 Å². The minimum atomic E-state index is -0.302. The number of rotatable bonds is 5. The van der Waals surface area contributed by atoms with Crippen molar-refractivity contribution in [1.82, 2.24) is 15.1 Å². The third-order valence-corrected chi connectivity index (χ3v) is 3.71. The number of anilines is 1. The van der Waals surface area contributed by atoms with Crippen LogP contribution >= 0.6 is 0 Å². The van der Waals surface area contributed by atoms with Crippen LogP contribution in [0.2, 0.25) is 0 Å². The van der Waals surface area contributed by atoms with Gasteiger partial charge in [-0.25, -0.2) is 4.79 Å². The molecule has 0 saturated heterocycles. The summed E-state index contributed by atoms with van der Waals surface area (Å²) in [5, 5.41) is 19.0. The molecule has 1 aromatic heterocycles. The van der Waals surface area contributed by atoms with Gasteiger partial charge in [0.05, 0.1) is 18.3 Å². The Balaban J connectivity index is 1.94. The number of amides is 2. The monoisotopic (exact) mass is 266 g/mol. The number of carbonyl (C=O) groups is 1. The van der Waals surface area contributed by atoms with Gasteiger partial charge in [0.15, 0.2) is 0 Å². The number of aliphatic hydroxyl groups is 1. The fourth-order valence-electron chi connectivity index (χ4n) is 2.12. The molecule has 0 spiro atoms. The summed E-state index contributed by atoms with van der Waals surface area (Å²) in [7, 11) is 1.82. The van der Waals surface area contributed by atoms with Crippen molar-refractivity contribution in [2.75, 3.05) is 11.9 Å². The Morgan fingerprint density at radius 1 is 1.63 bits per heavy atom. The van der Waals surface area contributed by atoms with Crippen molar-refractivity contribution in [3.05, 3.63) is 11.8 Å². The van der Waals surface area contributed by atoms with E-state index in [-0.39, 0.29) is 18.7 Å². The Bertz CT molecular complexity index is 436. The molecule has 3 N–H and O–H groups in total. The third-order valence-electron chi connectivity index (χ3n) is 3.71. The lowest BCUT2D eigenvalue weighted by Gasteiger charge is -2.22. The van der Waals surface area contributed by atoms with Crippen molar-refractivity contribution in [1.29, 1.82) is 0 Å². The van der Waals surface area contributed by atoms with E-state index in [4.69, 9.17) is 5.11 Å². The molecule has 1 aliphatic rings. The molecule has 1 aliphatic carbocycles. The van der Waals surface area contributed by atoms with Crippen molar-refractivity contribution in [2.24, 2.45) is 7.05 Å². The first kappa shape index (κ1) is 13.9. The van der Waals surface area contributed by atoms with Crippen molar-refractivity contribution >= 4 is 11.8 Å². The summed E-state index contributed by atoms with van der Waals surface area (Å²) < 4.78 is 1.69. The van der Waals surface area contributed by atoms with E-state index in [0.29, 0.717) is 18.2 Å². The van der Waals surface area contributed by atoms with Crippen molar-refractivity contribution in [3.8, 4) is 0 Å². The first-order chi connectivity index (χ1) is 9.13. The number of aromatic nitrogens is 2. The molecular formula is C13H22N4O2. The Morgan fingerprint density at radius 2 is 2.37 bits per heavy atom. The van der Waals surface area contributed by atoms with Crippen LogP contribution < -0.4 is 10.6 Å². The highest BCUT2D eigenvalue weighted by molar-refractivity contribution is 5.88. The maximum atomic E-state index is 11.8. The molecule has 0 radical (unpaired) electrons. The first-order valence-corrected chi connectivity index (χ1v) is 6.86. The predicted octanol–water partition coefficient (Wildman–Crippen LogP) is 1.58. The molecule has 0 aromatic carbocycles. The molecule has 0 bridgehead atoms. The summed E-state index contributed by atoms with van der Waals surface area (Å²) >= 11 is 0. The van der Waals surface area contributed by atoms with E-state index < -0.39 is 0 Å². The van der Waals surface area contributed by atoms with E-state index in [1.54, 1.807) is 4.68 Å². The molecule has 0 aliphatic heterocycles. The Kier molecular flexibility index (Phi) is 4.42. The van der Waals surface area contributed by atoms with Crippen LogP contribution in [0.5, 0.6) is 0 Å². The Hall–Kier alpha value is -1.56. The standard InChI is InChI=1S/C13H22N4O2/c1-3-10(8-18)14-13(19)15-12-7-11(16-17(12)2)9-5-4-6-9/h7,9-10,18H,3-6,8H2,1-2H3,(H2,14,15,19). The number of aryl methyl sites for hydroxylation is 1.